The van der Waals surface area contributed by atoms with Gasteiger partial charge in [-0.3, -0.25) is 0 Å². The third-order valence-electron chi connectivity index (χ3n) is 1.83. The predicted molar refractivity (Wildman–Crippen MR) is 62.1 cm³/mol. The fraction of sp³-hybridized carbons (Fsp3) is 0.300. The van der Waals surface area contributed by atoms with E-state index in [1.807, 2.05) is 6.92 Å². The smallest absolute Gasteiger partial charge is 0.319 e. The molecular formula is C10H14ClN3O. The summed E-state index contributed by atoms with van der Waals surface area (Å²) < 4.78 is 0. The molecule has 1 aromatic carbocycles. The van der Waals surface area contributed by atoms with Crippen LogP contribution in [0.15, 0.2) is 24.3 Å². The van der Waals surface area contributed by atoms with Crippen LogP contribution in [0.3, 0.4) is 0 Å². The number of urea groups is 1. The highest BCUT2D eigenvalue weighted by atomic mass is 35.5. The molecule has 0 bridgehead atoms. The molecule has 1 aromatic rings. The number of carbonyl (C=O) groups excluding carboxylic acids is 1. The molecule has 0 aromatic heterocycles. The van der Waals surface area contributed by atoms with E-state index in [-0.39, 0.29) is 12.1 Å². The van der Waals surface area contributed by atoms with Gasteiger partial charge in [0.25, 0.3) is 0 Å². The Morgan fingerprint density at radius 1 is 1.47 bits per heavy atom. The van der Waals surface area contributed by atoms with Crippen molar-refractivity contribution in [3.63, 3.8) is 0 Å². The molecule has 2 amide bonds. The van der Waals surface area contributed by atoms with E-state index >= 15 is 0 Å². The summed E-state index contributed by atoms with van der Waals surface area (Å²) in [4.78, 5) is 11.4. The first-order valence-electron chi connectivity index (χ1n) is 4.65. The van der Waals surface area contributed by atoms with Gasteiger partial charge in [0.15, 0.2) is 0 Å². The number of halogens is 1. The second-order valence-corrected chi connectivity index (χ2v) is 3.68. The number of amides is 2. The van der Waals surface area contributed by atoms with Crippen LogP contribution in [0.5, 0.6) is 0 Å². The molecule has 0 aliphatic rings. The Morgan fingerprint density at radius 2 is 2.07 bits per heavy atom. The van der Waals surface area contributed by atoms with Gasteiger partial charge in [-0.2, -0.15) is 0 Å². The molecule has 0 saturated carbocycles. The summed E-state index contributed by atoms with van der Waals surface area (Å²) in [6, 6.07) is 6.57. The van der Waals surface area contributed by atoms with Gasteiger partial charge < -0.3 is 16.4 Å². The number of anilines is 1. The first-order valence-corrected chi connectivity index (χ1v) is 5.02. The minimum absolute atomic E-state index is 0.0442. The highest BCUT2D eigenvalue weighted by Crippen LogP contribution is 2.12. The minimum atomic E-state index is -0.268. The average molecular weight is 228 g/mol. The number of carbonyl (C=O) groups is 1. The maximum atomic E-state index is 11.4. The zero-order valence-corrected chi connectivity index (χ0v) is 9.21. The first-order chi connectivity index (χ1) is 7.11. The summed E-state index contributed by atoms with van der Waals surface area (Å²) in [5.41, 5.74) is 6.07. The van der Waals surface area contributed by atoms with E-state index in [1.165, 1.54) is 0 Å². The normalized spacial score (nSPS) is 11.9. The number of nitrogens with two attached hydrogens (primary N) is 1. The molecule has 0 fully saturated rings. The highest BCUT2D eigenvalue weighted by Gasteiger charge is 2.04. The summed E-state index contributed by atoms with van der Waals surface area (Å²) in [6.45, 7) is 2.25. The lowest BCUT2D eigenvalue weighted by Crippen LogP contribution is -2.40. The van der Waals surface area contributed by atoms with Gasteiger partial charge in [0, 0.05) is 23.3 Å². The van der Waals surface area contributed by atoms with Gasteiger partial charge >= 0.3 is 6.03 Å². The average Bonchev–Trinajstić information content (AvgIpc) is 2.21. The van der Waals surface area contributed by atoms with Crippen LogP contribution >= 0.6 is 11.6 Å². The highest BCUT2D eigenvalue weighted by molar-refractivity contribution is 6.30. The summed E-state index contributed by atoms with van der Waals surface area (Å²) in [5.74, 6) is 0. The SMILES string of the molecule is CC(CN)NC(=O)Nc1ccc(Cl)cc1. The molecule has 0 aliphatic heterocycles. The summed E-state index contributed by atoms with van der Waals surface area (Å²) in [7, 11) is 0. The summed E-state index contributed by atoms with van der Waals surface area (Å²) in [6.07, 6.45) is 0. The topological polar surface area (TPSA) is 67.1 Å². The molecule has 1 atom stereocenters. The maximum Gasteiger partial charge on any atom is 0.319 e. The van der Waals surface area contributed by atoms with E-state index in [4.69, 9.17) is 17.3 Å². The van der Waals surface area contributed by atoms with Gasteiger partial charge in [0.1, 0.15) is 0 Å². The van der Waals surface area contributed by atoms with Gasteiger partial charge in [-0.25, -0.2) is 4.79 Å². The molecule has 4 N–H and O–H groups in total. The van der Waals surface area contributed by atoms with Crippen molar-refractivity contribution in [2.75, 3.05) is 11.9 Å². The second kappa shape index (κ2) is 5.58. The van der Waals surface area contributed by atoms with Gasteiger partial charge in [0.2, 0.25) is 0 Å². The summed E-state index contributed by atoms with van der Waals surface area (Å²) >= 11 is 5.71. The minimum Gasteiger partial charge on any atom is -0.334 e. The molecule has 0 spiro atoms. The zero-order chi connectivity index (χ0) is 11.3. The Kier molecular flexibility index (Phi) is 4.39. The van der Waals surface area contributed by atoms with Crippen LogP contribution in [0.2, 0.25) is 5.02 Å². The number of hydrogen-bond donors (Lipinski definition) is 3. The molecular weight excluding hydrogens is 214 g/mol. The van der Waals surface area contributed by atoms with Crippen LogP contribution in [0.1, 0.15) is 6.92 Å². The van der Waals surface area contributed by atoms with Gasteiger partial charge in [-0.05, 0) is 31.2 Å². The Bertz CT molecular complexity index is 326. The molecule has 4 nitrogen and oxygen atoms in total. The standard InChI is InChI=1S/C10H14ClN3O/c1-7(6-12)13-10(15)14-9-4-2-8(11)3-5-9/h2-5,7H,6,12H2,1H3,(H2,13,14,15). The van der Waals surface area contributed by atoms with Gasteiger partial charge in [-0.1, -0.05) is 11.6 Å². The third kappa shape index (κ3) is 4.18. The van der Waals surface area contributed by atoms with Crippen LogP contribution in [0.25, 0.3) is 0 Å². The van der Waals surface area contributed by atoms with Crippen LogP contribution in [-0.2, 0) is 0 Å². The number of rotatable bonds is 3. The molecule has 82 valence electrons. The van der Waals surface area contributed by atoms with Crippen molar-refractivity contribution in [2.45, 2.75) is 13.0 Å². The molecule has 1 unspecified atom stereocenters. The van der Waals surface area contributed by atoms with Crippen LogP contribution in [-0.4, -0.2) is 18.6 Å². The zero-order valence-electron chi connectivity index (χ0n) is 8.46. The van der Waals surface area contributed by atoms with E-state index < -0.39 is 0 Å². The second-order valence-electron chi connectivity index (χ2n) is 3.24. The number of nitrogens with one attached hydrogen (secondary N) is 2. The molecule has 5 heteroatoms. The Hall–Kier alpha value is -1.26. The lowest BCUT2D eigenvalue weighted by atomic mass is 10.3. The first kappa shape index (κ1) is 11.8. The lowest BCUT2D eigenvalue weighted by molar-refractivity contribution is 0.249. The van der Waals surface area contributed by atoms with E-state index in [0.717, 1.165) is 0 Å². The monoisotopic (exact) mass is 227 g/mol. The Balaban J connectivity index is 2.48. The van der Waals surface area contributed by atoms with Crippen molar-refractivity contribution in [3.8, 4) is 0 Å². The van der Waals surface area contributed by atoms with Crippen molar-refractivity contribution in [2.24, 2.45) is 5.73 Å². The van der Waals surface area contributed by atoms with E-state index in [1.54, 1.807) is 24.3 Å². The molecule has 0 saturated heterocycles. The Morgan fingerprint density at radius 3 is 2.60 bits per heavy atom. The largest absolute Gasteiger partial charge is 0.334 e. The fourth-order valence-electron chi connectivity index (χ4n) is 0.983. The van der Waals surface area contributed by atoms with Crippen molar-refractivity contribution >= 4 is 23.3 Å². The van der Waals surface area contributed by atoms with Gasteiger partial charge in [-0.15, -0.1) is 0 Å². The third-order valence-corrected chi connectivity index (χ3v) is 2.09. The number of benzene rings is 1. The number of hydrogen-bond acceptors (Lipinski definition) is 2. The molecule has 0 heterocycles. The quantitative estimate of drug-likeness (QED) is 0.737. The van der Waals surface area contributed by atoms with E-state index in [0.29, 0.717) is 17.3 Å². The van der Waals surface area contributed by atoms with Crippen molar-refractivity contribution < 1.29 is 4.79 Å². The fourth-order valence-corrected chi connectivity index (χ4v) is 1.11. The van der Waals surface area contributed by atoms with Crippen LogP contribution in [0, 0.1) is 0 Å². The Labute approximate surface area is 93.8 Å². The molecule has 1 rings (SSSR count). The van der Waals surface area contributed by atoms with Crippen LogP contribution < -0.4 is 16.4 Å². The maximum absolute atomic E-state index is 11.4. The van der Waals surface area contributed by atoms with Crippen LogP contribution in [0.4, 0.5) is 10.5 Å². The van der Waals surface area contributed by atoms with Gasteiger partial charge in [0.05, 0.1) is 0 Å². The van der Waals surface area contributed by atoms with Crippen molar-refractivity contribution in [1.82, 2.24) is 5.32 Å². The summed E-state index contributed by atoms with van der Waals surface area (Å²) in [5, 5.41) is 5.99. The molecule has 0 aliphatic carbocycles. The molecule has 0 radical (unpaired) electrons. The lowest BCUT2D eigenvalue weighted by Gasteiger charge is -2.12. The van der Waals surface area contributed by atoms with Crippen molar-refractivity contribution in [1.29, 1.82) is 0 Å². The van der Waals surface area contributed by atoms with E-state index in [9.17, 15) is 4.79 Å². The van der Waals surface area contributed by atoms with E-state index in [2.05, 4.69) is 10.6 Å². The van der Waals surface area contributed by atoms with Crippen molar-refractivity contribution in [3.05, 3.63) is 29.3 Å². The molecule has 15 heavy (non-hydrogen) atoms. The predicted octanol–water partition coefficient (Wildman–Crippen LogP) is 1.81.